The molecule has 0 amide bonds. The third kappa shape index (κ3) is 7.13. The summed E-state index contributed by atoms with van der Waals surface area (Å²) in [7, 11) is -0.956. The molecule has 1 unspecified atom stereocenters. The molecule has 0 aliphatic heterocycles. The van der Waals surface area contributed by atoms with Crippen LogP contribution in [0.4, 0.5) is 0 Å². The second-order valence-electron chi connectivity index (χ2n) is 5.14. The first-order valence-electron chi connectivity index (χ1n) is 5.53. The quantitative estimate of drug-likeness (QED) is 0.387. The van der Waals surface area contributed by atoms with Crippen molar-refractivity contribution in [2.75, 3.05) is 6.61 Å². The molecule has 0 bridgehead atoms. The number of ether oxygens (including phenoxy) is 1. The summed E-state index contributed by atoms with van der Waals surface area (Å²) in [4.78, 5) is 11.3. The minimum atomic E-state index is -0.956. The highest BCUT2D eigenvalue weighted by Gasteiger charge is 2.14. The van der Waals surface area contributed by atoms with Gasteiger partial charge in [0.1, 0.15) is 0 Å². The van der Waals surface area contributed by atoms with Crippen LogP contribution >= 0.6 is 0 Å². The monoisotopic (exact) mass is 216 g/mol. The van der Waals surface area contributed by atoms with Gasteiger partial charge in [0.05, 0.1) is 12.5 Å². The van der Waals surface area contributed by atoms with E-state index in [0.29, 0.717) is 6.61 Å². The minimum absolute atomic E-state index is 0.0388. The van der Waals surface area contributed by atoms with E-state index in [4.69, 9.17) is 4.74 Å². The van der Waals surface area contributed by atoms with Gasteiger partial charge in [0, 0.05) is 8.07 Å². The van der Waals surface area contributed by atoms with Gasteiger partial charge in [-0.1, -0.05) is 39.5 Å². The maximum absolute atomic E-state index is 11.3. The van der Waals surface area contributed by atoms with E-state index < -0.39 is 8.07 Å². The Morgan fingerprint density at radius 1 is 1.36 bits per heavy atom. The number of hydrogen-bond acceptors (Lipinski definition) is 2. The zero-order valence-electron chi connectivity index (χ0n) is 10.2. The lowest BCUT2D eigenvalue weighted by molar-refractivity contribution is -0.148. The highest BCUT2D eigenvalue weighted by molar-refractivity contribution is 6.76. The summed E-state index contributed by atoms with van der Waals surface area (Å²) in [5, 5.41) is 0. The molecule has 84 valence electrons. The third-order valence-corrected chi connectivity index (χ3v) is 4.18. The van der Waals surface area contributed by atoms with Crippen LogP contribution in [0.3, 0.4) is 0 Å². The van der Waals surface area contributed by atoms with Gasteiger partial charge in [-0.3, -0.25) is 4.79 Å². The minimum Gasteiger partial charge on any atom is -0.465 e. The maximum Gasteiger partial charge on any atom is 0.308 e. The van der Waals surface area contributed by atoms with Crippen molar-refractivity contribution >= 4 is 14.0 Å². The first-order valence-corrected chi connectivity index (χ1v) is 9.24. The van der Waals surface area contributed by atoms with E-state index in [9.17, 15) is 4.79 Å². The van der Waals surface area contributed by atoms with Crippen LogP contribution in [0, 0.1) is 5.92 Å². The highest BCUT2D eigenvalue weighted by Crippen LogP contribution is 2.11. The average Bonchev–Trinajstić information content (AvgIpc) is 2.09. The molecule has 2 nitrogen and oxygen atoms in total. The van der Waals surface area contributed by atoms with Crippen molar-refractivity contribution in [3.8, 4) is 0 Å². The Kier molecular flexibility index (Phi) is 6.08. The zero-order valence-corrected chi connectivity index (χ0v) is 11.2. The molecule has 0 aromatic rings. The lowest BCUT2D eigenvalue weighted by atomic mass is 10.1. The molecule has 0 aromatic heterocycles. The van der Waals surface area contributed by atoms with E-state index >= 15 is 0 Å². The number of esters is 1. The molecule has 0 heterocycles. The van der Waals surface area contributed by atoms with Crippen molar-refractivity contribution in [2.24, 2.45) is 5.92 Å². The van der Waals surface area contributed by atoms with Gasteiger partial charge >= 0.3 is 5.97 Å². The van der Waals surface area contributed by atoms with E-state index in [1.807, 2.05) is 13.8 Å². The molecular formula is C11H24O2Si. The first-order chi connectivity index (χ1) is 6.37. The predicted octanol–water partition coefficient (Wildman–Crippen LogP) is 3.30. The fourth-order valence-electron chi connectivity index (χ4n) is 1.08. The Hall–Kier alpha value is -0.313. The molecule has 0 radical (unpaired) electrons. The number of carbonyl (C=O) groups is 1. The average molecular weight is 216 g/mol. The van der Waals surface area contributed by atoms with Gasteiger partial charge in [0.15, 0.2) is 0 Å². The fourth-order valence-corrected chi connectivity index (χ4v) is 2.29. The van der Waals surface area contributed by atoms with Crippen LogP contribution in [0.2, 0.25) is 25.7 Å². The Bertz CT molecular complexity index is 173. The van der Waals surface area contributed by atoms with Crippen molar-refractivity contribution in [1.82, 2.24) is 0 Å². The lowest BCUT2D eigenvalue weighted by Gasteiger charge is -2.15. The van der Waals surface area contributed by atoms with Crippen LogP contribution < -0.4 is 0 Å². The van der Waals surface area contributed by atoms with E-state index in [1.165, 1.54) is 6.04 Å². The Morgan fingerprint density at radius 2 is 1.93 bits per heavy atom. The smallest absolute Gasteiger partial charge is 0.308 e. The molecule has 0 spiro atoms. The summed E-state index contributed by atoms with van der Waals surface area (Å²) >= 11 is 0. The Labute approximate surface area is 89.0 Å². The molecule has 0 saturated heterocycles. The summed E-state index contributed by atoms with van der Waals surface area (Å²) in [6.45, 7) is 11.5. The lowest BCUT2D eigenvalue weighted by Crippen LogP contribution is -2.21. The predicted molar refractivity (Wildman–Crippen MR) is 63.2 cm³/mol. The molecule has 14 heavy (non-hydrogen) atoms. The summed E-state index contributed by atoms with van der Waals surface area (Å²) in [5.74, 6) is 0.0185. The number of carbonyl (C=O) groups excluding carboxylic acids is 1. The van der Waals surface area contributed by atoms with Crippen molar-refractivity contribution in [3.05, 3.63) is 0 Å². The summed E-state index contributed by atoms with van der Waals surface area (Å²) in [6, 6.07) is 1.24. The molecule has 0 aliphatic carbocycles. The van der Waals surface area contributed by atoms with Gasteiger partial charge in [-0.15, -0.1) is 0 Å². The van der Waals surface area contributed by atoms with Gasteiger partial charge in [0.25, 0.3) is 0 Å². The molecular weight excluding hydrogens is 192 g/mol. The topological polar surface area (TPSA) is 26.3 Å². The summed E-state index contributed by atoms with van der Waals surface area (Å²) < 4.78 is 5.17. The van der Waals surface area contributed by atoms with Crippen LogP contribution in [0.15, 0.2) is 0 Å². The van der Waals surface area contributed by atoms with Gasteiger partial charge < -0.3 is 4.74 Å². The van der Waals surface area contributed by atoms with Crippen molar-refractivity contribution < 1.29 is 9.53 Å². The number of hydrogen-bond donors (Lipinski definition) is 0. The highest BCUT2D eigenvalue weighted by atomic mass is 28.3. The van der Waals surface area contributed by atoms with Crippen LogP contribution in [0.1, 0.15) is 26.7 Å². The van der Waals surface area contributed by atoms with Crippen molar-refractivity contribution in [1.29, 1.82) is 0 Å². The zero-order chi connectivity index (χ0) is 11.2. The standard InChI is InChI=1S/C11H24O2Si/c1-6-10(2)11(12)13-8-7-9-14(3,4)5/h10H,6-9H2,1-5H3. The van der Waals surface area contributed by atoms with E-state index in [0.717, 1.165) is 12.8 Å². The normalized spacial score (nSPS) is 13.8. The number of rotatable bonds is 6. The van der Waals surface area contributed by atoms with Crippen LogP contribution in [0.25, 0.3) is 0 Å². The molecule has 0 saturated carbocycles. The Morgan fingerprint density at radius 3 is 2.36 bits per heavy atom. The molecule has 3 heteroatoms. The van der Waals surface area contributed by atoms with Crippen LogP contribution in [-0.2, 0) is 9.53 Å². The van der Waals surface area contributed by atoms with E-state index in [2.05, 4.69) is 19.6 Å². The SMILES string of the molecule is CCC(C)C(=O)OCCC[Si](C)(C)C. The van der Waals surface area contributed by atoms with Crippen molar-refractivity contribution in [3.63, 3.8) is 0 Å². The second-order valence-corrected chi connectivity index (χ2v) is 10.8. The van der Waals surface area contributed by atoms with Crippen LogP contribution in [-0.4, -0.2) is 20.7 Å². The van der Waals surface area contributed by atoms with Gasteiger partial charge in [-0.05, 0) is 12.8 Å². The Balaban J connectivity index is 3.51. The van der Waals surface area contributed by atoms with E-state index in [-0.39, 0.29) is 11.9 Å². The van der Waals surface area contributed by atoms with Crippen molar-refractivity contribution in [2.45, 2.75) is 52.4 Å². The fraction of sp³-hybridized carbons (Fsp3) is 0.909. The molecule has 0 aliphatic rings. The molecule has 0 N–H and O–H groups in total. The summed E-state index contributed by atoms with van der Waals surface area (Å²) in [6.07, 6.45) is 1.89. The molecule has 0 fully saturated rings. The maximum atomic E-state index is 11.3. The largest absolute Gasteiger partial charge is 0.465 e. The van der Waals surface area contributed by atoms with E-state index in [1.54, 1.807) is 0 Å². The first kappa shape index (κ1) is 13.7. The molecule has 1 atom stereocenters. The van der Waals surface area contributed by atoms with Crippen LogP contribution in [0.5, 0.6) is 0 Å². The second kappa shape index (κ2) is 6.22. The third-order valence-electron chi connectivity index (χ3n) is 2.33. The van der Waals surface area contributed by atoms with Gasteiger partial charge in [-0.2, -0.15) is 0 Å². The molecule has 0 aromatic carbocycles. The van der Waals surface area contributed by atoms with Gasteiger partial charge in [0.2, 0.25) is 0 Å². The van der Waals surface area contributed by atoms with Gasteiger partial charge in [-0.25, -0.2) is 0 Å². The summed E-state index contributed by atoms with van der Waals surface area (Å²) in [5.41, 5.74) is 0. The molecule has 0 rings (SSSR count).